The Morgan fingerprint density at radius 3 is 2.43 bits per heavy atom. The van der Waals surface area contributed by atoms with Crippen molar-refractivity contribution in [2.45, 2.75) is 51.6 Å². The summed E-state index contributed by atoms with van der Waals surface area (Å²) in [5.74, 6) is -0.0845. The van der Waals surface area contributed by atoms with Crippen LogP contribution in [0.2, 0.25) is 0 Å². The normalized spacial score (nSPS) is 11.7. The van der Waals surface area contributed by atoms with Crippen LogP contribution in [0.5, 0.6) is 5.75 Å². The molecule has 0 bridgehead atoms. The molecule has 5 heteroatoms. The average Bonchev–Trinajstić information content (AvgIpc) is 2.43. The molecule has 0 radical (unpaired) electrons. The molecule has 0 fully saturated rings. The van der Waals surface area contributed by atoms with Gasteiger partial charge in [-0.25, -0.2) is 0 Å². The Kier molecular flexibility index (Phi) is 7.57. The van der Waals surface area contributed by atoms with E-state index in [0.717, 1.165) is 38.2 Å². The van der Waals surface area contributed by atoms with Crippen molar-refractivity contribution >= 4 is 0 Å². The molecule has 2 nitrogen and oxygen atoms in total. The first kappa shape index (κ1) is 17.8. The van der Waals surface area contributed by atoms with Gasteiger partial charge in [0.2, 0.25) is 0 Å². The topological polar surface area (TPSA) is 35.2 Å². The minimum atomic E-state index is -4.40. The lowest BCUT2D eigenvalue weighted by Gasteiger charge is -2.15. The number of ether oxygens (including phenoxy) is 1. The van der Waals surface area contributed by atoms with Gasteiger partial charge in [-0.05, 0) is 37.1 Å². The zero-order valence-electron chi connectivity index (χ0n) is 12.5. The molecule has 1 aromatic carbocycles. The highest BCUT2D eigenvalue weighted by Crippen LogP contribution is 2.37. The Labute approximate surface area is 124 Å². The molecule has 1 rings (SSSR count). The van der Waals surface area contributed by atoms with Gasteiger partial charge < -0.3 is 10.5 Å². The van der Waals surface area contributed by atoms with Crippen LogP contribution in [0.4, 0.5) is 13.2 Å². The van der Waals surface area contributed by atoms with Crippen molar-refractivity contribution < 1.29 is 17.9 Å². The van der Waals surface area contributed by atoms with Gasteiger partial charge in [0.1, 0.15) is 5.75 Å². The van der Waals surface area contributed by atoms with Gasteiger partial charge in [-0.15, -0.1) is 0 Å². The molecule has 0 atom stereocenters. The Bertz CT molecular complexity index is 418. The van der Waals surface area contributed by atoms with E-state index in [1.54, 1.807) is 6.07 Å². The highest BCUT2D eigenvalue weighted by molar-refractivity contribution is 5.39. The summed E-state index contributed by atoms with van der Waals surface area (Å²) in [4.78, 5) is 0. The molecule has 0 amide bonds. The number of hydrogen-bond donors (Lipinski definition) is 1. The van der Waals surface area contributed by atoms with Crippen LogP contribution >= 0.6 is 0 Å². The van der Waals surface area contributed by atoms with Gasteiger partial charge in [-0.2, -0.15) is 13.2 Å². The minimum absolute atomic E-state index is 0.0845. The molecule has 2 N–H and O–H groups in total. The number of hydrogen-bond acceptors (Lipinski definition) is 2. The van der Waals surface area contributed by atoms with E-state index >= 15 is 0 Å². The molecule has 0 unspecified atom stereocenters. The van der Waals surface area contributed by atoms with Crippen molar-refractivity contribution in [1.29, 1.82) is 0 Å². The van der Waals surface area contributed by atoms with Crippen LogP contribution in [0.1, 0.15) is 50.2 Å². The van der Waals surface area contributed by atoms with Crippen molar-refractivity contribution in [1.82, 2.24) is 0 Å². The zero-order valence-corrected chi connectivity index (χ0v) is 12.5. The molecule has 0 heterocycles. The second-order valence-corrected chi connectivity index (χ2v) is 5.13. The standard InChI is InChI=1S/C16H24F3NO/c1-2-3-4-5-6-11-21-15-8-7-13(9-10-20)12-14(15)16(17,18)19/h7-8,12H,2-6,9-11,20H2,1H3. The van der Waals surface area contributed by atoms with E-state index in [1.165, 1.54) is 6.07 Å². The van der Waals surface area contributed by atoms with E-state index in [2.05, 4.69) is 6.92 Å². The summed E-state index contributed by atoms with van der Waals surface area (Å²) < 4.78 is 44.4. The maximum absolute atomic E-state index is 13.0. The third-order valence-corrected chi connectivity index (χ3v) is 3.29. The first-order valence-electron chi connectivity index (χ1n) is 7.52. The first-order chi connectivity index (χ1) is 9.99. The molecule has 0 aliphatic rings. The fourth-order valence-electron chi connectivity index (χ4n) is 2.13. The van der Waals surface area contributed by atoms with Crippen LogP contribution in [-0.2, 0) is 12.6 Å². The number of alkyl halides is 3. The summed E-state index contributed by atoms with van der Waals surface area (Å²) in [6.45, 7) is 2.77. The van der Waals surface area contributed by atoms with Crippen molar-refractivity contribution in [2.24, 2.45) is 5.73 Å². The maximum atomic E-state index is 13.0. The molecular formula is C16H24F3NO. The Morgan fingerprint density at radius 1 is 1.10 bits per heavy atom. The number of nitrogens with two attached hydrogens (primary N) is 1. The van der Waals surface area contributed by atoms with Crippen LogP contribution in [0.3, 0.4) is 0 Å². The van der Waals surface area contributed by atoms with Gasteiger partial charge in [0.15, 0.2) is 0 Å². The molecule has 1 aromatic rings. The van der Waals surface area contributed by atoms with Crippen LogP contribution in [-0.4, -0.2) is 13.2 Å². The van der Waals surface area contributed by atoms with Crippen molar-refractivity contribution in [3.63, 3.8) is 0 Å². The number of halogens is 3. The Hall–Kier alpha value is -1.23. The quantitative estimate of drug-likeness (QED) is 0.679. The van der Waals surface area contributed by atoms with E-state index in [4.69, 9.17) is 10.5 Å². The van der Waals surface area contributed by atoms with Gasteiger partial charge >= 0.3 is 6.18 Å². The number of benzene rings is 1. The minimum Gasteiger partial charge on any atom is -0.493 e. The van der Waals surface area contributed by atoms with Crippen LogP contribution < -0.4 is 10.5 Å². The lowest BCUT2D eigenvalue weighted by Crippen LogP contribution is -2.11. The van der Waals surface area contributed by atoms with E-state index in [9.17, 15) is 13.2 Å². The number of unbranched alkanes of at least 4 members (excludes halogenated alkanes) is 4. The summed E-state index contributed by atoms with van der Waals surface area (Å²) in [7, 11) is 0. The summed E-state index contributed by atoms with van der Waals surface area (Å²) in [6, 6.07) is 4.19. The monoisotopic (exact) mass is 303 g/mol. The largest absolute Gasteiger partial charge is 0.493 e. The van der Waals surface area contributed by atoms with Gasteiger partial charge in [-0.1, -0.05) is 38.7 Å². The highest BCUT2D eigenvalue weighted by Gasteiger charge is 2.34. The van der Waals surface area contributed by atoms with E-state index in [1.807, 2.05) is 0 Å². The molecule has 0 saturated carbocycles. The van der Waals surface area contributed by atoms with E-state index in [-0.39, 0.29) is 5.75 Å². The van der Waals surface area contributed by atoms with Crippen LogP contribution in [0.25, 0.3) is 0 Å². The third kappa shape index (κ3) is 6.38. The molecule has 0 saturated heterocycles. The Morgan fingerprint density at radius 2 is 1.81 bits per heavy atom. The van der Waals surface area contributed by atoms with Crippen molar-refractivity contribution in [3.8, 4) is 5.75 Å². The lowest BCUT2D eigenvalue weighted by molar-refractivity contribution is -0.139. The smallest absolute Gasteiger partial charge is 0.419 e. The fraction of sp³-hybridized carbons (Fsp3) is 0.625. The summed E-state index contributed by atoms with van der Waals surface area (Å²) in [6.07, 6.45) is 1.19. The van der Waals surface area contributed by atoms with Crippen molar-refractivity contribution in [3.05, 3.63) is 29.3 Å². The molecule has 120 valence electrons. The van der Waals surface area contributed by atoms with Gasteiger partial charge in [0.05, 0.1) is 12.2 Å². The summed E-state index contributed by atoms with van der Waals surface area (Å²) in [5.41, 5.74) is 5.26. The molecule has 21 heavy (non-hydrogen) atoms. The van der Waals surface area contributed by atoms with Crippen molar-refractivity contribution in [2.75, 3.05) is 13.2 Å². The second kappa shape index (κ2) is 8.93. The molecule has 0 aromatic heterocycles. The molecule has 0 aliphatic carbocycles. The summed E-state index contributed by atoms with van der Waals surface area (Å²) in [5, 5.41) is 0. The fourth-order valence-corrected chi connectivity index (χ4v) is 2.13. The third-order valence-electron chi connectivity index (χ3n) is 3.29. The predicted octanol–water partition coefficient (Wildman–Crippen LogP) is 4.56. The SMILES string of the molecule is CCCCCCCOc1ccc(CCN)cc1C(F)(F)F. The molecule has 0 aliphatic heterocycles. The maximum Gasteiger partial charge on any atom is 0.419 e. The summed E-state index contributed by atoms with van der Waals surface area (Å²) >= 11 is 0. The zero-order chi connectivity index (χ0) is 15.7. The van der Waals surface area contributed by atoms with Crippen LogP contribution in [0.15, 0.2) is 18.2 Å². The Balaban J connectivity index is 2.63. The highest BCUT2D eigenvalue weighted by atomic mass is 19.4. The van der Waals surface area contributed by atoms with Gasteiger partial charge in [0, 0.05) is 0 Å². The first-order valence-corrected chi connectivity index (χ1v) is 7.52. The van der Waals surface area contributed by atoms with Gasteiger partial charge in [-0.3, -0.25) is 0 Å². The number of rotatable bonds is 9. The second-order valence-electron chi connectivity index (χ2n) is 5.13. The lowest BCUT2D eigenvalue weighted by atomic mass is 10.1. The molecular weight excluding hydrogens is 279 g/mol. The van der Waals surface area contributed by atoms with E-state index < -0.39 is 11.7 Å². The molecule has 0 spiro atoms. The average molecular weight is 303 g/mol. The predicted molar refractivity (Wildman–Crippen MR) is 78.5 cm³/mol. The van der Waals surface area contributed by atoms with E-state index in [0.29, 0.717) is 25.1 Å². The van der Waals surface area contributed by atoms with Gasteiger partial charge in [0.25, 0.3) is 0 Å². The van der Waals surface area contributed by atoms with Crippen LogP contribution in [0, 0.1) is 0 Å².